The van der Waals surface area contributed by atoms with Gasteiger partial charge >= 0.3 is 0 Å². The molecule has 1 aromatic heterocycles. The van der Waals surface area contributed by atoms with Crippen LogP contribution in [0.5, 0.6) is 0 Å². The van der Waals surface area contributed by atoms with Gasteiger partial charge in [-0.2, -0.15) is 0 Å². The highest BCUT2D eigenvalue weighted by molar-refractivity contribution is 7.10. The number of ether oxygens (including phenoxy) is 1. The molecule has 1 fully saturated rings. The molecule has 126 valence electrons. The molecule has 0 aliphatic carbocycles. The Hall–Kier alpha value is -1.72. The summed E-state index contributed by atoms with van der Waals surface area (Å²) in [6.07, 6.45) is 2.53. The largest absolute Gasteiger partial charge is 0.370 e. The monoisotopic (exact) mass is 345 g/mol. The summed E-state index contributed by atoms with van der Waals surface area (Å²) in [6.45, 7) is 3.72. The molecular formula is C19H20FNO2S. The molecule has 2 aliphatic rings. The molecule has 2 aromatic rings. The molecule has 5 heteroatoms. The summed E-state index contributed by atoms with van der Waals surface area (Å²) < 4.78 is 20.3. The van der Waals surface area contributed by atoms with E-state index in [9.17, 15) is 9.18 Å². The first kappa shape index (κ1) is 15.8. The molecule has 24 heavy (non-hydrogen) atoms. The first-order valence-corrected chi connectivity index (χ1v) is 9.24. The topological polar surface area (TPSA) is 29.5 Å². The average Bonchev–Trinajstić information content (AvgIpc) is 3.06. The standard InChI is InChI=1S/C19H20FNO2S/c1-13-3-2-4-15(20)17(13)18(22)21-9-7-19(8-10-21)14-6-12-24-16(14)5-11-23-19/h2-4,6,12H,5,7-11H2,1H3. The van der Waals surface area contributed by atoms with Crippen LogP contribution < -0.4 is 0 Å². The van der Waals surface area contributed by atoms with Crippen LogP contribution in [-0.4, -0.2) is 30.5 Å². The second-order valence-electron chi connectivity index (χ2n) is 6.57. The number of hydrogen-bond donors (Lipinski definition) is 0. The van der Waals surface area contributed by atoms with E-state index in [4.69, 9.17) is 4.74 Å². The zero-order chi connectivity index (χ0) is 16.7. The third-order valence-corrected chi connectivity index (χ3v) is 6.22. The van der Waals surface area contributed by atoms with Crippen LogP contribution in [0.3, 0.4) is 0 Å². The Balaban J connectivity index is 1.54. The van der Waals surface area contributed by atoms with Crippen LogP contribution in [0.4, 0.5) is 4.39 Å². The molecule has 1 aromatic carbocycles. The van der Waals surface area contributed by atoms with Gasteiger partial charge in [-0.25, -0.2) is 4.39 Å². The Morgan fingerprint density at radius 3 is 2.83 bits per heavy atom. The lowest BCUT2D eigenvalue weighted by molar-refractivity contribution is -0.0926. The minimum absolute atomic E-state index is 0.203. The van der Waals surface area contributed by atoms with Crippen LogP contribution in [-0.2, 0) is 16.8 Å². The summed E-state index contributed by atoms with van der Waals surface area (Å²) in [5, 5.41) is 2.13. The molecule has 0 radical (unpaired) electrons. The Labute approximate surface area is 145 Å². The number of halogens is 1. The Bertz CT molecular complexity index is 757. The van der Waals surface area contributed by atoms with Crippen molar-refractivity contribution in [2.75, 3.05) is 19.7 Å². The van der Waals surface area contributed by atoms with Crippen molar-refractivity contribution in [2.45, 2.75) is 31.8 Å². The van der Waals surface area contributed by atoms with Crippen molar-refractivity contribution >= 4 is 17.2 Å². The predicted octanol–water partition coefficient (Wildman–Crippen LogP) is 3.90. The highest BCUT2D eigenvalue weighted by atomic mass is 32.1. The van der Waals surface area contributed by atoms with Crippen LogP contribution in [0, 0.1) is 12.7 Å². The van der Waals surface area contributed by atoms with Crippen LogP contribution in [0.25, 0.3) is 0 Å². The lowest BCUT2D eigenvalue weighted by Gasteiger charge is -2.44. The first-order chi connectivity index (χ1) is 11.6. The molecule has 0 bridgehead atoms. The first-order valence-electron chi connectivity index (χ1n) is 8.36. The van der Waals surface area contributed by atoms with Gasteiger partial charge in [0, 0.05) is 24.4 Å². The normalized spacial score (nSPS) is 19.3. The summed E-state index contributed by atoms with van der Waals surface area (Å²) in [7, 11) is 0. The van der Waals surface area contributed by atoms with E-state index in [1.165, 1.54) is 16.5 Å². The van der Waals surface area contributed by atoms with Crippen LogP contribution >= 0.6 is 11.3 Å². The van der Waals surface area contributed by atoms with Crippen LogP contribution in [0.15, 0.2) is 29.6 Å². The van der Waals surface area contributed by atoms with E-state index in [0.29, 0.717) is 18.7 Å². The SMILES string of the molecule is Cc1cccc(F)c1C(=O)N1CCC2(CC1)OCCc1sccc12. The molecule has 1 spiro atoms. The van der Waals surface area contributed by atoms with Crippen molar-refractivity contribution in [3.8, 4) is 0 Å². The summed E-state index contributed by atoms with van der Waals surface area (Å²) in [5.41, 5.74) is 1.94. The number of piperidine rings is 1. The fourth-order valence-electron chi connectivity index (χ4n) is 3.90. The number of aryl methyl sites for hydroxylation is 1. The number of likely N-dealkylation sites (tertiary alicyclic amines) is 1. The maximum absolute atomic E-state index is 14.1. The molecule has 3 nitrogen and oxygen atoms in total. The molecule has 0 unspecified atom stereocenters. The summed E-state index contributed by atoms with van der Waals surface area (Å²) in [5.74, 6) is -0.642. The lowest BCUT2D eigenvalue weighted by atomic mass is 9.82. The van der Waals surface area contributed by atoms with Gasteiger partial charge in [0.05, 0.1) is 17.8 Å². The van der Waals surface area contributed by atoms with Crippen molar-refractivity contribution in [1.82, 2.24) is 4.90 Å². The van der Waals surface area contributed by atoms with Crippen molar-refractivity contribution in [3.63, 3.8) is 0 Å². The highest BCUT2D eigenvalue weighted by Gasteiger charge is 2.42. The predicted molar refractivity (Wildman–Crippen MR) is 91.9 cm³/mol. The van der Waals surface area contributed by atoms with Crippen molar-refractivity contribution < 1.29 is 13.9 Å². The van der Waals surface area contributed by atoms with Crippen LogP contribution in [0.2, 0.25) is 0 Å². The number of thiophene rings is 1. The molecule has 2 aliphatic heterocycles. The zero-order valence-corrected chi connectivity index (χ0v) is 14.5. The van der Waals surface area contributed by atoms with E-state index >= 15 is 0 Å². The van der Waals surface area contributed by atoms with E-state index in [-0.39, 0.29) is 17.1 Å². The highest BCUT2D eigenvalue weighted by Crippen LogP contribution is 2.43. The molecule has 1 amide bonds. The van der Waals surface area contributed by atoms with Gasteiger partial charge in [-0.15, -0.1) is 11.3 Å². The van der Waals surface area contributed by atoms with Gasteiger partial charge in [0.1, 0.15) is 5.82 Å². The zero-order valence-electron chi connectivity index (χ0n) is 13.7. The lowest BCUT2D eigenvalue weighted by Crippen LogP contribution is -2.48. The average molecular weight is 345 g/mol. The number of hydrogen-bond acceptors (Lipinski definition) is 3. The third-order valence-electron chi connectivity index (χ3n) is 5.24. The van der Waals surface area contributed by atoms with Gasteiger partial charge in [-0.3, -0.25) is 4.79 Å². The quantitative estimate of drug-likeness (QED) is 0.784. The number of rotatable bonds is 1. The third kappa shape index (κ3) is 2.47. The van der Waals surface area contributed by atoms with E-state index in [1.807, 2.05) is 0 Å². The van der Waals surface area contributed by atoms with E-state index in [2.05, 4.69) is 11.4 Å². The maximum Gasteiger partial charge on any atom is 0.257 e. The van der Waals surface area contributed by atoms with Gasteiger partial charge in [-0.05, 0) is 48.4 Å². The second-order valence-corrected chi connectivity index (χ2v) is 7.57. The number of carbonyl (C=O) groups is 1. The van der Waals surface area contributed by atoms with Gasteiger partial charge in [0.25, 0.3) is 5.91 Å². The van der Waals surface area contributed by atoms with Gasteiger partial charge < -0.3 is 9.64 Å². The van der Waals surface area contributed by atoms with E-state index in [0.717, 1.165) is 25.9 Å². The molecule has 3 heterocycles. The van der Waals surface area contributed by atoms with Gasteiger partial charge in [0.2, 0.25) is 0 Å². The Morgan fingerprint density at radius 1 is 1.29 bits per heavy atom. The second kappa shape index (κ2) is 5.97. The maximum atomic E-state index is 14.1. The minimum atomic E-state index is -0.436. The molecule has 0 N–H and O–H groups in total. The fraction of sp³-hybridized carbons (Fsp3) is 0.421. The van der Waals surface area contributed by atoms with Crippen LogP contribution in [0.1, 0.15) is 39.2 Å². The van der Waals surface area contributed by atoms with Crippen molar-refractivity contribution in [3.05, 3.63) is 57.0 Å². The number of benzene rings is 1. The Morgan fingerprint density at radius 2 is 2.08 bits per heavy atom. The summed E-state index contributed by atoms with van der Waals surface area (Å²) in [4.78, 5) is 15.9. The van der Waals surface area contributed by atoms with Crippen molar-refractivity contribution in [2.24, 2.45) is 0 Å². The van der Waals surface area contributed by atoms with Gasteiger partial charge in [-0.1, -0.05) is 12.1 Å². The summed E-state index contributed by atoms with van der Waals surface area (Å²) in [6, 6.07) is 6.94. The molecular weight excluding hydrogens is 325 g/mol. The smallest absolute Gasteiger partial charge is 0.257 e. The molecule has 4 rings (SSSR count). The molecule has 0 atom stereocenters. The fourth-order valence-corrected chi connectivity index (χ4v) is 4.85. The van der Waals surface area contributed by atoms with E-state index < -0.39 is 5.82 Å². The molecule has 1 saturated heterocycles. The number of fused-ring (bicyclic) bond motifs is 2. The number of nitrogens with zero attached hydrogens (tertiary/aromatic N) is 1. The van der Waals surface area contributed by atoms with Crippen molar-refractivity contribution in [1.29, 1.82) is 0 Å². The molecule has 0 saturated carbocycles. The van der Waals surface area contributed by atoms with Gasteiger partial charge in [0.15, 0.2) is 0 Å². The number of carbonyl (C=O) groups excluding carboxylic acids is 1. The van der Waals surface area contributed by atoms with E-state index in [1.54, 1.807) is 35.3 Å². The summed E-state index contributed by atoms with van der Waals surface area (Å²) >= 11 is 1.79. The minimum Gasteiger partial charge on any atom is -0.370 e. The number of amides is 1. The Kier molecular flexibility index (Phi) is 3.93.